The molecule has 0 spiro atoms. The molecule has 3 nitrogen and oxygen atoms in total. The van der Waals surface area contributed by atoms with Crippen molar-refractivity contribution in [3.8, 4) is 5.75 Å². The van der Waals surface area contributed by atoms with Gasteiger partial charge in [-0.1, -0.05) is 17.7 Å². The van der Waals surface area contributed by atoms with Gasteiger partial charge in [0.15, 0.2) is 0 Å². The lowest BCUT2D eigenvalue weighted by atomic mass is 10.1. The van der Waals surface area contributed by atoms with Crippen LogP contribution in [0, 0.1) is 0 Å². The first-order chi connectivity index (χ1) is 8.26. The molecular weight excluding hydrogens is 238 g/mol. The Morgan fingerprint density at radius 2 is 2.12 bits per heavy atom. The van der Waals surface area contributed by atoms with Crippen LogP contribution in [0.15, 0.2) is 18.2 Å². The van der Waals surface area contributed by atoms with Crippen molar-refractivity contribution >= 4 is 11.6 Å². The number of methoxy groups -OCH3 is 1. The van der Waals surface area contributed by atoms with E-state index in [1.54, 1.807) is 7.11 Å². The van der Waals surface area contributed by atoms with Gasteiger partial charge in [0.1, 0.15) is 5.75 Å². The molecule has 0 saturated carbocycles. The van der Waals surface area contributed by atoms with Gasteiger partial charge in [-0.05, 0) is 43.6 Å². The molecule has 1 atom stereocenters. The molecule has 2 rings (SSSR count). The molecule has 1 heterocycles. The molecule has 0 amide bonds. The first-order valence-corrected chi connectivity index (χ1v) is 6.32. The van der Waals surface area contributed by atoms with Gasteiger partial charge in [0.25, 0.3) is 0 Å². The molecule has 1 aromatic carbocycles. The average Bonchev–Trinajstić information content (AvgIpc) is 2.84. The lowest BCUT2D eigenvalue weighted by Crippen LogP contribution is -2.28. The van der Waals surface area contributed by atoms with Gasteiger partial charge in [-0.2, -0.15) is 0 Å². The average molecular weight is 256 g/mol. The van der Waals surface area contributed by atoms with Crippen LogP contribution in [-0.4, -0.2) is 36.8 Å². The van der Waals surface area contributed by atoms with E-state index in [-0.39, 0.29) is 12.6 Å². The van der Waals surface area contributed by atoms with Gasteiger partial charge >= 0.3 is 0 Å². The minimum absolute atomic E-state index is 0.0564. The summed E-state index contributed by atoms with van der Waals surface area (Å²) in [5.74, 6) is 0.675. The first kappa shape index (κ1) is 12.7. The molecule has 0 radical (unpaired) electrons. The van der Waals surface area contributed by atoms with Crippen molar-refractivity contribution in [2.24, 2.45) is 0 Å². The molecule has 17 heavy (non-hydrogen) atoms. The van der Waals surface area contributed by atoms with Crippen LogP contribution < -0.4 is 4.74 Å². The second-order valence-electron chi connectivity index (χ2n) is 4.34. The van der Waals surface area contributed by atoms with Gasteiger partial charge in [0, 0.05) is 0 Å². The fraction of sp³-hybridized carbons (Fsp3) is 0.538. The lowest BCUT2D eigenvalue weighted by molar-refractivity contribution is 0.147. The summed E-state index contributed by atoms with van der Waals surface area (Å²) in [5, 5.41) is 10.1. The second kappa shape index (κ2) is 5.71. The second-order valence-corrected chi connectivity index (χ2v) is 4.74. The van der Waals surface area contributed by atoms with E-state index in [0.717, 1.165) is 18.7 Å². The van der Waals surface area contributed by atoms with Crippen molar-refractivity contribution in [2.45, 2.75) is 18.9 Å². The highest BCUT2D eigenvalue weighted by Crippen LogP contribution is 2.31. The number of benzene rings is 1. The molecule has 0 bridgehead atoms. The molecule has 1 N–H and O–H groups in total. The molecule has 1 unspecified atom stereocenters. The predicted molar refractivity (Wildman–Crippen MR) is 68.6 cm³/mol. The number of hydrogen-bond acceptors (Lipinski definition) is 3. The standard InChI is InChI=1S/C13H18ClNO2/c1-17-13-5-4-10(8-11(13)14)12(9-16)15-6-2-3-7-15/h4-5,8,12,16H,2-3,6-7,9H2,1H3. The molecule has 94 valence electrons. The third-order valence-electron chi connectivity index (χ3n) is 3.31. The van der Waals surface area contributed by atoms with Crippen LogP contribution in [0.25, 0.3) is 0 Å². The van der Waals surface area contributed by atoms with Crippen LogP contribution in [0.5, 0.6) is 5.75 Å². The Kier molecular flexibility index (Phi) is 4.26. The van der Waals surface area contributed by atoms with E-state index in [1.807, 2.05) is 18.2 Å². The Hall–Kier alpha value is -0.770. The fourth-order valence-corrected chi connectivity index (χ4v) is 2.64. The number of aliphatic hydroxyl groups is 1. The Bertz CT molecular complexity index is 378. The van der Waals surface area contributed by atoms with Crippen LogP contribution >= 0.6 is 11.6 Å². The van der Waals surface area contributed by atoms with E-state index >= 15 is 0 Å². The Morgan fingerprint density at radius 1 is 1.41 bits per heavy atom. The molecule has 0 aromatic heterocycles. The van der Waals surface area contributed by atoms with Crippen molar-refractivity contribution in [2.75, 3.05) is 26.8 Å². The summed E-state index contributed by atoms with van der Waals surface area (Å²) in [6, 6.07) is 5.78. The molecule has 4 heteroatoms. The zero-order valence-electron chi connectivity index (χ0n) is 10.0. The molecule has 1 saturated heterocycles. The maximum atomic E-state index is 9.54. The maximum Gasteiger partial charge on any atom is 0.137 e. The van der Waals surface area contributed by atoms with Crippen molar-refractivity contribution in [3.63, 3.8) is 0 Å². The summed E-state index contributed by atoms with van der Waals surface area (Å²) in [5.41, 5.74) is 1.06. The fourth-order valence-electron chi connectivity index (χ4n) is 2.37. The predicted octanol–water partition coefficient (Wildman–Crippen LogP) is 2.48. The number of likely N-dealkylation sites (tertiary alicyclic amines) is 1. The van der Waals surface area contributed by atoms with Crippen LogP contribution in [0.2, 0.25) is 5.02 Å². The zero-order chi connectivity index (χ0) is 12.3. The SMILES string of the molecule is COc1ccc(C(CO)N2CCCC2)cc1Cl. The van der Waals surface area contributed by atoms with Gasteiger partial charge in [-0.15, -0.1) is 0 Å². The van der Waals surface area contributed by atoms with Crippen LogP contribution in [0.1, 0.15) is 24.4 Å². The summed E-state index contributed by atoms with van der Waals surface area (Å²) in [4.78, 5) is 2.30. The smallest absolute Gasteiger partial charge is 0.137 e. The highest BCUT2D eigenvalue weighted by Gasteiger charge is 2.23. The highest BCUT2D eigenvalue weighted by molar-refractivity contribution is 6.32. The maximum absolute atomic E-state index is 9.54. The van der Waals surface area contributed by atoms with E-state index in [9.17, 15) is 5.11 Å². The van der Waals surface area contributed by atoms with Crippen molar-refractivity contribution in [3.05, 3.63) is 28.8 Å². The van der Waals surface area contributed by atoms with Gasteiger partial charge in [-0.3, -0.25) is 4.90 Å². The number of ether oxygens (including phenoxy) is 1. The minimum Gasteiger partial charge on any atom is -0.495 e. The summed E-state index contributed by atoms with van der Waals surface area (Å²) >= 11 is 6.11. The minimum atomic E-state index is 0.0564. The topological polar surface area (TPSA) is 32.7 Å². The number of aliphatic hydroxyl groups excluding tert-OH is 1. The van der Waals surface area contributed by atoms with Crippen molar-refractivity contribution in [1.29, 1.82) is 0 Å². The summed E-state index contributed by atoms with van der Waals surface area (Å²) in [6.45, 7) is 2.23. The van der Waals surface area contributed by atoms with Crippen LogP contribution in [0.4, 0.5) is 0 Å². The molecule has 1 aliphatic heterocycles. The van der Waals surface area contributed by atoms with Gasteiger partial charge < -0.3 is 9.84 Å². The van der Waals surface area contributed by atoms with Crippen LogP contribution in [-0.2, 0) is 0 Å². The third kappa shape index (κ3) is 2.73. The molecule has 1 fully saturated rings. The van der Waals surface area contributed by atoms with Gasteiger partial charge in [0.05, 0.1) is 24.8 Å². The largest absolute Gasteiger partial charge is 0.495 e. The Balaban J connectivity index is 2.21. The number of rotatable bonds is 4. The zero-order valence-corrected chi connectivity index (χ0v) is 10.8. The Morgan fingerprint density at radius 3 is 2.65 bits per heavy atom. The van der Waals surface area contributed by atoms with E-state index in [0.29, 0.717) is 10.8 Å². The van der Waals surface area contributed by atoms with Crippen molar-refractivity contribution in [1.82, 2.24) is 4.90 Å². The first-order valence-electron chi connectivity index (χ1n) is 5.94. The monoisotopic (exact) mass is 255 g/mol. The summed E-state index contributed by atoms with van der Waals surface area (Å²) in [7, 11) is 1.60. The molecule has 1 aliphatic rings. The van der Waals surface area contributed by atoms with Crippen molar-refractivity contribution < 1.29 is 9.84 Å². The van der Waals surface area contributed by atoms with Gasteiger partial charge in [0.2, 0.25) is 0 Å². The molecule has 0 aliphatic carbocycles. The molecule has 1 aromatic rings. The third-order valence-corrected chi connectivity index (χ3v) is 3.61. The van der Waals surface area contributed by atoms with Crippen LogP contribution in [0.3, 0.4) is 0 Å². The van der Waals surface area contributed by atoms with E-state index in [4.69, 9.17) is 16.3 Å². The lowest BCUT2D eigenvalue weighted by Gasteiger charge is -2.26. The normalized spacial score (nSPS) is 18.3. The Labute approximate surface area is 107 Å². The van der Waals surface area contributed by atoms with E-state index in [2.05, 4.69) is 4.90 Å². The van der Waals surface area contributed by atoms with Gasteiger partial charge in [-0.25, -0.2) is 0 Å². The van der Waals surface area contributed by atoms with E-state index < -0.39 is 0 Å². The highest BCUT2D eigenvalue weighted by atomic mass is 35.5. The number of halogens is 1. The number of hydrogen-bond donors (Lipinski definition) is 1. The van der Waals surface area contributed by atoms with E-state index in [1.165, 1.54) is 12.8 Å². The quantitative estimate of drug-likeness (QED) is 0.897. The summed E-state index contributed by atoms with van der Waals surface area (Å²) < 4.78 is 5.13. The molecular formula is C13H18ClNO2. The number of nitrogens with zero attached hydrogens (tertiary/aromatic N) is 1. The summed E-state index contributed by atoms with van der Waals surface area (Å²) in [6.07, 6.45) is 2.42.